The number of amides is 1. The molecule has 112 valence electrons. The maximum atomic E-state index is 11.0. The first-order valence-electron chi connectivity index (χ1n) is 6.08. The first kappa shape index (κ1) is 16.2. The molecule has 0 fully saturated rings. The van der Waals surface area contributed by atoms with Gasteiger partial charge in [0.1, 0.15) is 5.75 Å². The molecule has 0 radical (unpaired) electrons. The summed E-state index contributed by atoms with van der Waals surface area (Å²) in [5.41, 5.74) is 6.64. The second-order valence-electron chi connectivity index (χ2n) is 4.14. The van der Waals surface area contributed by atoms with Crippen molar-refractivity contribution in [2.45, 2.75) is 19.3 Å². The monoisotopic (exact) mass is 293 g/mol. The number of hydrogen-bond acceptors (Lipinski definition) is 4. The van der Waals surface area contributed by atoms with E-state index in [1.807, 2.05) is 12.1 Å². The third kappa shape index (κ3) is 5.35. The smallest absolute Gasteiger partial charge is 0.303 e. The topological polar surface area (TPSA) is 127 Å². The van der Waals surface area contributed by atoms with Crippen molar-refractivity contribution in [3.8, 4) is 5.75 Å². The molecule has 0 spiro atoms. The minimum atomic E-state index is -1.08. The van der Waals surface area contributed by atoms with Gasteiger partial charge in [-0.05, 0) is 24.1 Å². The Morgan fingerprint density at radius 2 is 1.76 bits per heavy atom. The molecule has 2 rings (SSSR count). The van der Waals surface area contributed by atoms with Gasteiger partial charge in [-0.25, -0.2) is 0 Å². The number of benzene rings is 1. The molecule has 7 nitrogen and oxygen atoms in total. The van der Waals surface area contributed by atoms with Crippen LogP contribution in [0, 0.1) is 0 Å². The number of carbonyl (C=O) groups excluding carboxylic acids is 1. The number of carboxylic acid groups (broad SMARTS) is 2. The lowest BCUT2D eigenvalue weighted by Gasteiger charge is -2.13. The number of primary amides is 1. The average molecular weight is 293 g/mol. The summed E-state index contributed by atoms with van der Waals surface area (Å²) in [6.07, 6.45) is 3.67. The van der Waals surface area contributed by atoms with Crippen LogP contribution >= 0.6 is 0 Å². The lowest BCUT2D eigenvalue weighted by atomic mass is 10.0. The third-order valence-electron chi connectivity index (χ3n) is 2.53. The van der Waals surface area contributed by atoms with Crippen LogP contribution in [0.1, 0.15) is 28.8 Å². The van der Waals surface area contributed by atoms with Crippen LogP contribution in [0.5, 0.6) is 5.75 Å². The summed E-state index contributed by atoms with van der Waals surface area (Å²) in [6.45, 7) is 0. The molecule has 1 aliphatic heterocycles. The zero-order valence-electron chi connectivity index (χ0n) is 11.1. The Labute approximate surface area is 120 Å². The van der Waals surface area contributed by atoms with E-state index in [0.29, 0.717) is 11.3 Å². The maximum absolute atomic E-state index is 11.0. The lowest BCUT2D eigenvalue weighted by molar-refractivity contribution is -0.143. The molecule has 0 saturated heterocycles. The van der Waals surface area contributed by atoms with E-state index >= 15 is 0 Å². The standard InChI is InChI=1S/C10H9NO2.C4H6O4/c11-10(12)8-5-1-3-7-4-2-6-13-9(7)8;5-3(6)1-2-4(7)8/h1-3,5-6H,4H2,(H2,11,12);1-2H2,(H,5,6)(H,7,8). The predicted octanol–water partition coefficient (Wildman–Crippen LogP) is 1.17. The van der Waals surface area contributed by atoms with Gasteiger partial charge in [-0.1, -0.05) is 12.1 Å². The lowest BCUT2D eigenvalue weighted by Crippen LogP contribution is -2.13. The van der Waals surface area contributed by atoms with Crippen LogP contribution in [0.4, 0.5) is 0 Å². The van der Waals surface area contributed by atoms with E-state index in [1.54, 1.807) is 18.4 Å². The average Bonchev–Trinajstić information content (AvgIpc) is 2.45. The quantitative estimate of drug-likeness (QED) is 0.764. The van der Waals surface area contributed by atoms with Crippen molar-refractivity contribution in [1.82, 2.24) is 0 Å². The molecule has 0 unspecified atom stereocenters. The summed E-state index contributed by atoms with van der Waals surface area (Å²) in [7, 11) is 0. The highest BCUT2D eigenvalue weighted by Crippen LogP contribution is 2.27. The summed E-state index contributed by atoms with van der Waals surface area (Å²) < 4.78 is 5.23. The van der Waals surface area contributed by atoms with E-state index in [0.717, 1.165) is 12.0 Å². The Kier molecular flexibility index (Phi) is 5.94. The highest BCUT2D eigenvalue weighted by Gasteiger charge is 2.14. The molecule has 7 heteroatoms. The second kappa shape index (κ2) is 7.68. The van der Waals surface area contributed by atoms with Gasteiger partial charge in [-0.15, -0.1) is 0 Å². The zero-order chi connectivity index (χ0) is 15.8. The molecule has 1 amide bonds. The zero-order valence-corrected chi connectivity index (χ0v) is 11.1. The van der Waals surface area contributed by atoms with E-state index in [1.165, 1.54) is 0 Å². The second-order valence-corrected chi connectivity index (χ2v) is 4.14. The SMILES string of the molecule is NC(=O)c1cccc2c1OC=CC2.O=C(O)CCC(=O)O. The number of hydrogen-bond donors (Lipinski definition) is 3. The minimum Gasteiger partial charge on any atom is -0.481 e. The highest BCUT2D eigenvalue weighted by molar-refractivity contribution is 5.96. The molecule has 1 aliphatic rings. The van der Waals surface area contributed by atoms with Crippen molar-refractivity contribution < 1.29 is 29.3 Å². The normalized spacial score (nSPS) is 11.4. The van der Waals surface area contributed by atoms with Crippen LogP contribution in [-0.4, -0.2) is 28.1 Å². The molecule has 1 aromatic carbocycles. The fourth-order valence-corrected chi connectivity index (χ4v) is 1.58. The van der Waals surface area contributed by atoms with Crippen LogP contribution in [0.3, 0.4) is 0 Å². The number of carbonyl (C=O) groups is 3. The van der Waals surface area contributed by atoms with Gasteiger partial charge < -0.3 is 20.7 Å². The molecule has 0 aromatic heterocycles. The fourth-order valence-electron chi connectivity index (χ4n) is 1.58. The summed E-state index contributed by atoms with van der Waals surface area (Å²) in [6, 6.07) is 5.40. The van der Waals surface area contributed by atoms with E-state index in [2.05, 4.69) is 0 Å². The number of fused-ring (bicyclic) bond motifs is 1. The largest absolute Gasteiger partial charge is 0.481 e. The van der Waals surface area contributed by atoms with Gasteiger partial charge in [0.15, 0.2) is 0 Å². The molecular weight excluding hydrogens is 278 g/mol. The molecular formula is C14H15NO6. The number of aliphatic carboxylic acids is 2. The molecule has 1 heterocycles. The van der Waals surface area contributed by atoms with Crippen molar-refractivity contribution in [2.24, 2.45) is 5.73 Å². The Hall–Kier alpha value is -2.83. The van der Waals surface area contributed by atoms with Crippen LogP contribution in [0.2, 0.25) is 0 Å². The Balaban J connectivity index is 0.000000240. The van der Waals surface area contributed by atoms with Gasteiger partial charge in [0, 0.05) is 0 Å². The number of rotatable bonds is 4. The number of para-hydroxylation sites is 1. The predicted molar refractivity (Wildman–Crippen MR) is 72.9 cm³/mol. The van der Waals surface area contributed by atoms with Gasteiger partial charge in [0.2, 0.25) is 0 Å². The molecule has 0 aliphatic carbocycles. The van der Waals surface area contributed by atoms with E-state index < -0.39 is 17.8 Å². The summed E-state index contributed by atoms with van der Waals surface area (Å²) >= 11 is 0. The van der Waals surface area contributed by atoms with Crippen LogP contribution in [0.15, 0.2) is 30.5 Å². The first-order chi connectivity index (χ1) is 9.91. The molecule has 1 aromatic rings. The summed E-state index contributed by atoms with van der Waals surface area (Å²) in [5.74, 6) is -2.01. The molecule has 0 atom stereocenters. The Morgan fingerprint density at radius 3 is 2.29 bits per heavy atom. The van der Waals surface area contributed by atoms with E-state index in [4.69, 9.17) is 20.7 Å². The van der Waals surface area contributed by atoms with Crippen LogP contribution in [0.25, 0.3) is 0 Å². The highest BCUT2D eigenvalue weighted by atomic mass is 16.5. The van der Waals surface area contributed by atoms with Gasteiger partial charge in [-0.3, -0.25) is 14.4 Å². The number of nitrogens with two attached hydrogens (primary N) is 1. The summed E-state index contributed by atoms with van der Waals surface area (Å²) in [5, 5.41) is 15.8. The Bertz CT molecular complexity index is 565. The third-order valence-corrected chi connectivity index (χ3v) is 2.53. The van der Waals surface area contributed by atoms with Crippen molar-refractivity contribution in [3.05, 3.63) is 41.7 Å². The number of ether oxygens (including phenoxy) is 1. The van der Waals surface area contributed by atoms with Gasteiger partial charge >= 0.3 is 11.9 Å². The fraction of sp³-hybridized carbons (Fsp3) is 0.214. The minimum absolute atomic E-state index is 0.296. The molecule has 4 N–H and O–H groups in total. The molecule has 0 bridgehead atoms. The van der Waals surface area contributed by atoms with Crippen LogP contribution in [-0.2, 0) is 16.0 Å². The van der Waals surface area contributed by atoms with E-state index in [9.17, 15) is 14.4 Å². The maximum Gasteiger partial charge on any atom is 0.303 e. The summed E-state index contributed by atoms with van der Waals surface area (Å²) in [4.78, 5) is 30.3. The first-order valence-corrected chi connectivity index (χ1v) is 6.08. The Morgan fingerprint density at radius 1 is 1.14 bits per heavy atom. The number of allylic oxidation sites excluding steroid dienone is 1. The van der Waals surface area contributed by atoms with Gasteiger partial charge in [0.05, 0.1) is 24.7 Å². The molecule has 21 heavy (non-hydrogen) atoms. The van der Waals surface area contributed by atoms with Gasteiger partial charge in [0.25, 0.3) is 5.91 Å². The number of carboxylic acids is 2. The van der Waals surface area contributed by atoms with Crippen molar-refractivity contribution >= 4 is 17.8 Å². The molecule has 0 saturated carbocycles. The van der Waals surface area contributed by atoms with Gasteiger partial charge in [-0.2, -0.15) is 0 Å². The van der Waals surface area contributed by atoms with Crippen LogP contribution < -0.4 is 10.5 Å². The van der Waals surface area contributed by atoms with E-state index in [-0.39, 0.29) is 12.8 Å². The van der Waals surface area contributed by atoms with Crippen molar-refractivity contribution in [2.75, 3.05) is 0 Å². The van der Waals surface area contributed by atoms with Crippen molar-refractivity contribution in [3.63, 3.8) is 0 Å². The van der Waals surface area contributed by atoms with Crippen molar-refractivity contribution in [1.29, 1.82) is 0 Å².